The second kappa shape index (κ2) is 5.37. The van der Waals surface area contributed by atoms with Gasteiger partial charge in [0.1, 0.15) is 23.1 Å². The molecule has 7 heteroatoms. The normalized spacial score (nSPS) is 10.3. The summed E-state index contributed by atoms with van der Waals surface area (Å²) < 4.78 is 0.646. The topological polar surface area (TPSA) is 63.6 Å². The van der Waals surface area contributed by atoms with Crippen molar-refractivity contribution in [3.05, 3.63) is 39.7 Å². The molecule has 5 nitrogen and oxygen atoms in total. The number of aryl methyl sites for hydroxylation is 1. The molecule has 1 N–H and O–H groups in total. The molecular formula is C10H9BrClN5. The Balaban J connectivity index is 2.10. The molecule has 0 saturated heterocycles. The van der Waals surface area contributed by atoms with Gasteiger partial charge < -0.3 is 5.32 Å². The number of nitrogens with one attached hydrogen (secondary N) is 1. The zero-order valence-corrected chi connectivity index (χ0v) is 11.3. The fourth-order valence-electron chi connectivity index (χ4n) is 1.25. The molecule has 0 fully saturated rings. The summed E-state index contributed by atoms with van der Waals surface area (Å²) in [6.07, 6.45) is 3.13. The second-order valence-corrected chi connectivity index (χ2v) is 4.43. The lowest BCUT2D eigenvalue weighted by molar-refractivity contribution is 0.946. The molecule has 0 atom stereocenters. The molecule has 0 aliphatic carbocycles. The van der Waals surface area contributed by atoms with E-state index in [2.05, 4.69) is 41.2 Å². The van der Waals surface area contributed by atoms with Gasteiger partial charge >= 0.3 is 0 Å². The summed E-state index contributed by atoms with van der Waals surface area (Å²) >= 11 is 9.17. The molecule has 2 aromatic rings. The Kier molecular flexibility index (Phi) is 3.86. The summed E-state index contributed by atoms with van der Waals surface area (Å²) in [6, 6.07) is 1.84. The third kappa shape index (κ3) is 3.10. The molecule has 2 heterocycles. The van der Waals surface area contributed by atoms with Crippen LogP contribution in [-0.4, -0.2) is 19.9 Å². The number of halogens is 2. The zero-order chi connectivity index (χ0) is 12.3. The van der Waals surface area contributed by atoms with Crippen molar-refractivity contribution < 1.29 is 0 Å². The summed E-state index contributed by atoms with van der Waals surface area (Å²) in [6.45, 7) is 2.40. The first-order valence-electron chi connectivity index (χ1n) is 4.85. The van der Waals surface area contributed by atoms with E-state index >= 15 is 0 Å². The minimum Gasteiger partial charge on any atom is -0.363 e. The van der Waals surface area contributed by atoms with Crippen LogP contribution in [0.1, 0.15) is 11.5 Å². The number of hydrogen-bond acceptors (Lipinski definition) is 5. The van der Waals surface area contributed by atoms with Gasteiger partial charge in [0.2, 0.25) is 0 Å². The maximum Gasteiger partial charge on any atom is 0.148 e. The summed E-state index contributed by atoms with van der Waals surface area (Å²) in [5.41, 5.74) is 0.888. The van der Waals surface area contributed by atoms with E-state index in [4.69, 9.17) is 11.6 Å². The molecule has 2 aromatic heterocycles. The van der Waals surface area contributed by atoms with Gasteiger partial charge in [-0.25, -0.2) is 19.9 Å². The molecule has 0 aromatic carbocycles. The van der Waals surface area contributed by atoms with Crippen molar-refractivity contribution in [3.63, 3.8) is 0 Å². The summed E-state index contributed by atoms with van der Waals surface area (Å²) in [5, 5.41) is 3.50. The van der Waals surface area contributed by atoms with Crippen molar-refractivity contribution >= 4 is 33.3 Å². The largest absolute Gasteiger partial charge is 0.363 e. The van der Waals surface area contributed by atoms with Crippen LogP contribution in [0.4, 0.5) is 5.82 Å². The van der Waals surface area contributed by atoms with E-state index in [1.165, 1.54) is 6.33 Å². The van der Waals surface area contributed by atoms with Crippen LogP contribution in [0.3, 0.4) is 0 Å². The quantitative estimate of drug-likeness (QED) is 0.882. The van der Waals surface area contributed by atoms with Crippen LogP contribution in [0, 0.1) is 6.92 Å². The van der Waals surface area contributed by atoms with Crippen molar-refractivity contribution in [2.75, 3.05) is 5.32 Å². The van der Waals surface area contributed by atoms with E-state index in [1.54, 1.807) is 6.20 Å². The lowest BCUT2D eigenvalue weighted by atomic mass is 10.4. The van der Waals surface area contributed by atoms with Gasteiger partial charge in [-0.1, -0.05) is 11.6 Å². The highest BCUT2D eigenvalue weighted by molar-refractivity contribution is 9.10. The van der Waals surface area contributed by atoms with Crippen molar-refractivity contribution in [1.82, 2.24) is 19.9 Å². The number of nitrogens with zero attached hydrogens (tertiary/aromatic N) is 4. The SMILES string of the molecule is Cc1nccc(CNc2ncnc(Cl)c2Br)n1. The Morgan fingerprint density at radius 1 is 1.35 bits per heavy atom. The molecule has 0 aliphatic heterocycles. The van der Waals surface area contributed by atoms with E-state index in [0.29, 0.717) is 22.0 Å². The monoisotopic (exact) mass is 313 g/mol. The molecule has 0 unspecified atom stereocenters. The predicted molar refractivity (Wildman–Crippen MR) is 68.8 cm³/mol. The highest BCUT2D eigenvalue weighted by Gasteiger charge is 2.06. The number of hydrogen-bond donors (Lipinski definition) is 1. The van der Waals surface area contributed by atoms with Crippen LogP contribution in [0.15, 0.2) is 23.1 Å². The summed E-state index contributed by atoms with van der Waals surface area (Å²) in [5.74, 6) is 1.38. The smallest absolute Gasteiger partial charge is 0.148 e. The number of anilines is 1. The van der Waals surface area contributed by atoms with Crippen molar-refractivity contribution in [2.45, 2.75) is 13.5 Å². The van der Waals surface area contributed by atoms with Crippen molar-refractivity contribution in [3.8, 4) is 0 Å². The first kappa shape index (κ1) is 12.2. The minimum absolute atomic E-state index is 0.376. The molecule has 0 amide bonds. The van der Waals surface area contributed by atoms with Crippen LogP contribution >= 0.6 is 27.5 Å². The third-order valence-electron chi connectivity index (χ3n) is 2.02. The predicted octanol–water partition coefficient (Wildman–Crippen LogP) is 2.60. The van der Waals surface area contributed by atoms with Crippen molar-refractivity contribution in [1.29, 1.82) is 0 Å². The minimum atomic E-state index is 0.376. The van der Waals surface area contributed by atoms with Gasteiger partial charge in [0, 0.05) is 6.20 Å². The maximum atomic E-state index is 5.86. The Bertz CT molecular complexity index is 534. The number of rotatable bonds is 3. The highest BCUT2D eigenvalue weighted by Crippen LogP contribution is 2.26. The molecule has 0 aliphatic rings. The second-order valence-electron chi connectivity index (χ2n) is 3.28. The fourth-order valence-corrected chi connectivity index (χ4v) is 1.73. The van der Waals surface area contributed by atoms with Gasteiger partial charge in [0.05, 0.1) is 16.7 Å². The first-order valence-corrected chi connectivity index (χ1v) is 6.02. The van der Waals surface area contributed by atoms with Gasteiger partial charge in [-0.05, 0) is 28.9 Å². The van der Waals surface area contributed by atoms with Crippen LogP contribution < -0.4 is 5.32 Å². The van der Waals surface area contributed by atoms with Gasteiger partial charge in [-0.2, -0.15) is 0 Å². The fraction of sp³-hybridized carbons (Fsp3) is 0.200. The van der Waals surface area contributed by atoms with Crippen LogP contribution in [0.25, 0.3) is 0 Å². The maximum absolute atomic E-state index is 5.86. The zero-order valence-electron chi connectivity index (χ0n) is 8.98. The summed E-state index contributed by atoms with van der Waals surface area (Å²) in [7, 11) is 0. The lowest BCUT2D eigenvalue weighted by Crippen LogP contribution is -2.05. The average molecular weight is 315 g/mol. The van der Waals surface area contributed by atoms with E-state index in [9.17, 15) is 0 Å². The third-order valence-corrected chi connectivity index (χ3v) is 3.28. The van der Waals surface area contributed by atoms with E-state index in [0.717, 1.165) is 11.5 Å². The summed E-state index contributed by atoms with van der Waals surface area (Å²) in [4.78, 5) is 16.2. The molecule has 2 rings (SSSR count). The molecule has 0 saturated carbocycles. The highest BCUT2D eigenvalue weighted by atomic mass is 79.9. The van der Waals surface area contributed by atoms with Crippen molar-refractivity contribution in [2.24, 2.45) is 0 Å². The molecular weight excluding hydrogens is 306 g/mol. The molecule has 88 valence electrons. The standard InChI is InChI=1S/C10H9BrClN5/c1-6-13-3-2-7(17-6)4-14-10-8(11)9(12)15-5-16-10/h2-3,5H,4H2,1H3,(H,14,15,16). The van der Waals surface area contributed by atoms with Crippen LogP contribution in [-0.2, 0) is 6.54 Å². The van der Waals surface area contributed by atoms with Gasteiger partial charge in [0.15, 0.2) is 0 Å². The Labute approximate surface area is 112 Å². The van der Waals surface area contributed by atoms with Gasteiger partial charge in [-0.3, -0.25) is 0 Å². The molecule has 0 spiro atoms. The van der Waals surface area contributed by atoms with Gasteiger partial charge in [0.25, 0.3) is 0 Å². The molecule has 0 radical (unpaired) electrons. The first-order chi connectivity index (χ1) is 8.16. The van der Waals surface area contributed by atoms with Gasteiger partial charge in [-0.15, -0.1) is 0 Å². The van der Waals surface area contributed by atoms with Crippen LogP contribution in [0.2, 0.25) is 5.15 Å². The molecule has 0 bridgehead atoms. The average Bonchev–Trinajstić information content (AvgIpc) is 2.31. The molecule has 17 heavy (non-hydrogen) atoms. The van der Waals surface area contributed by atoms with E-state index in [1.807, 2.05) is 13.0 Å². The Morgan fingerprint density at radius 2 is 2.18 bits per heavy atom. The van der Waals surface area contributed by atoms with E-state index < -0.39 is 0 Å². The van der Waals surface area contributed by atoms with E-state index in [-0.39, 0.29) is 0 Å². The lowest BCUT2D eigenvalue weighted by Gasteiger charge is -2.07. The Hall–Kier alpha value is -1.27. The number of aromatic nitrogens is 4. The van der Waals surface area contributed by atoms with Crippen LogP contribution in [0.5, 0.6) is 0 Å². The Morgan fingerprint density at radius 3 is 2.94 bits per heavy atom.